The molecule has 0 saturated carbocycles. The van der Waals surface area contributed by atoms with Gasteiger partial charge in [-0.1, -0.05) is 47.9 Å². The molecular weight excluding hydrogens is 585 g/mol. The van der Waals surface area contributed by atoms with Gasteiger partial charge in [0.25, 0.3) is 0 Å². The number of pyridine rings is 2. The third kappa shape index (κ3) is 5.09. The van der Waals surface area contributed by atoms with Gasteiger partial charge in [-0.05, 0) is 47.5 Å². The van der Waals surface area contributed by atoms with Crippen LogP contribution in [0.5, 0.6) is 0 Å². The van der Waals surface area contributed by atoms with Crippen LogP contribution < -0.4 is 0 Å². The molecule has 6 aromatic rings. The second kappa shape index (κ2) is 10.4. The maximum Gasteiger partial charge on any atom is 0.123 e. The number of hydrogen-bond acceptors (Lipinski definition) is 3. The summed E-state index contributed by atoms with van der Waals surface area (Å²) in [5.74, 6) is 0. The van der Waals surface area contributed by atoms with Gasteiger partial charge in [0, 0.05) is 32.5 Å². The van der Waals surface area contributed by atoms with Crippen molar-refractivity contribution in [2.45, 2.75) is 6.92 Å². The third-order valence-electron chi connectivity index (χ3n) is 5.15. The predicted octanol–water partition coefficient (Wildman–Crippen LogP) is 7.30. The summed E-state index contributed by atoms with van der Waals surface area (Å²) in [4.78, 5) is 8.57. The maximum absolute atomic E-state index is 5.95. The topological polar surface area (TPSA) is 38.9 Å². The fourth-order valence-electron chi connectivity index (χ4n) is 3.57. The average Bonchev–Trinajstić information content (AvgIpc) is 3.23. The summed E-state index contributed by atoms with van der Waals surface area (Å²) in [5, 5.41) is 2.23. The molecule has 0 aliphatic rings. The summed E-state index contributed by atoms with van der Waals surface area (Å²) in [6.45, 7) is 2.07. The first kappa shape index (κ1) is 22.6. The molecule has 0 spiro atoms. The van der Waals surface area contributed by atoms with Crippen molar-refractivity contribution >= 4 is 21.9 Å². The van der Waals surface area contributed by atoms with Gasteiger partial charge in [-0.15, -0.1) is 53.6 Å². The molecule has 3 aromatic carbocycles. The number of furan rings is 1. The number of hydrogen-bond donors (Lipinski definition) is 0. The third-order valence-corrected chi connectivity index (χ3v) is 5.15. The molecule has 6 rings (SSSR count). The van der Waals surface area contributed by atoms with Gasteiger partial charge in [-0.2, -0.15) is 0 Å². The Morgan fingerprint density at radius 3 is 2.03 bits per heavy atom. The van der Waals surface area contributed by atoms with Crippen LogP contribution in [0.3, 0.4) is 0 Å². The van der Waals surface area contributed by atoms with Crippen LogP contribution in [0.25, 0.3) is 44.5 Å². The van der Waals surface area contributed by atoms with E-state index in [4.69, 9.17) is 4.42 Å². The number of aryl methyl sites for hydroxylation is 1. The molecule has 0 bridgehead atoms. The summed E-state index contributed by atoms with van der Waals surface area (Å²) >= 11 is 0. The van der Waals surface area contributed by atoms with Gasteiger partial charge < -0.3 is 14.4 Å². The van der Waals surface area contributed by atoms with Crippen molar-refractivity contribution in [1.82, 2.24) is 9.97 Å². The molecule has 0 amide bonds. The predicted molar refractivity (Wildman–Crippen MR) is 129 cm³/mol. The van der Waals surface area contributed by atoms with E-state index in [1.54, 1.807) is 12.4 Å². The number of benzene rings is 3. The van der Waals surface area contributed by atoms with Crippen LogP contribution in [0, 0.1) is 19.1 Å². The molecule has 0 fully saturated rings. The average molecular weight is 605 g/mol. The maximum atomic E-state index is 5.95. The quantitative estimate of drug-likeness (QED) is 0.195. The SMILES string of the molecule is Cc1ccc2c(c1)oc1cc(-c3ccccn3)[c-]cc12.[Ir].[c-]1ccccc1-c1ccccn1. The molecule has 0 N–H and O–H groups in total. The van der Waals surface area contributed by atoms with Gasteiger partial charge >= 0.3 is 0 Å². The fourth-order valence-corrected chi connectivity index (χ4v) is 3.57. The largest absolute Gasteiger partial charge is 0.476 e. The van der Waals surface area contributed by atoms with Gasteiger partial charge in [0.15, 0.2) is 0 Å². The minimum Gasteiger partial charge on any atom is -0.476 e. The molecule has 3 heterocycles. The van der Waals surface area contributed by atoms with E-state index in [0.717, 1.165) is 44.5 Å². The Hall–Kier alpha value is -3.59. The summed E-state index contributed by atoms with van der Waals surface area (Å²) in [6, 6.07) is 36.2. The van der Waals surface area contributed by atoms with Crippen LogP contribution in [-0.4, -0.2) is 9.97 Å². The van der Waals surface area contributed by atoms with Crippen LogP contribution >= 0.6 is 0 Å². The molecule has 3 aromatic heterocycles. The summed E-state index contributed by atoms with van der Waals surface area (Å²) in [5.41, 5.74) is 6.87. The molecular formula is C29H20IrN2O-2. The molecule has 33 heavy (non-hydrogen) atoms. The van der Waals surface area contributed by atoms with Gasteiger partial charge in [0.1, 0.15) is 5.58 Å². The smallest absolute Gasteiger partial charge is 0.123 e. The van der Waals surface area contributed by atoms with Gasteiger partial charge in [0.2, 0.25) is 0 Å². The second-order valence-electron chi connectivity index (χ2n) is 7.43. The zero-order valence-electron chi connectivity index (χ0n) is 18.0. The number of nitrogens with zero attached hydrogens (tertiary/aromatic N) is 2. The van der Waals surface area contributed by atoms with Crippen LogP contribution in [0.4, 0.5) is 0 Å². The number of fused-ring (bicyclic) bond motifs is 3. The van der Waals surface area contributed by atoms with Crippen molar-refractivity contribution in [3.8, 4) is 22.5 Å². The first-order valence-electron chi connectivity index (χ1n) is 10.4. The standard InChI is InChI=1S/C18H12NO.C11H8N.Ir/c1-12-5-7-14-15-8-6-13(16-4-2-3-9-19-16)11-18(15)20-17(14)10-12;1-2-6-10(7-3-1)11-8-4-5-9-12-11;/h2-5,7-11H,1H3;1-6,8-9H;/q2*-1;. The Bertz CT molecular complexity index is 1430. The van der Waals surface area contributed by atoms with Crippen LogP contribution in [0.2, 0.25) is 0 Å². The Kier molecular flexibility index (Phi) is 7.09. The molecule has 0 atom stereocenters. The van der Waals surface area contributed by atoms with E-state index in [-0.39, 0.29) is 20.1 Å². The minimum absolute atomic E-state index is 0. The Labute approximate surface area is 206 Å². The van der Waals surface area contributed by atoms with Crippen molar-refractivity contribution in [2.24, 2.45) is 0 Å². The van der Waals surface area contributed by atoms with E-state index in [0.29, 0.717) is 0 Å². The molecule has 0 aliphatic carbocycles. The normalized spacial score (nSPS) is 10.3. The Balaban J connectivity index is 0.000000172. The second-order valence-corrected chi connectivity index (χ2v) is 7.43. The summed E-state index contributed by atoms with van der Waals surface area (Å²) < 4.78 is 5.95. The first-order chi connectivity index (χ1) is 15.8. The van der Waals surface area contributed by atoms with E-state index in [1.165, 1.54) is 5.56 Å². The van der Waals surface area contributed by atoms with Crippen LogP contribution in [0.1, 0.15) is 5.56 Å². The van der Waals surface area contributed by atoms with E-state index in [1.807, 2.05) is 72.8 Å². The van der Waals surface area contributed by atoms with Crippen LogP contribution in [-0.2, 0) is 20.1 Å². The minimum atomic E-state index is 0. The molecule has 4 heteroatoms. The zero-order valence-corrected chi connectivity index (χ0v) is 20.3. The zero-order chi connectivity index (χ0) is 21.8. The van der Waals surface area contributed by atoms with Crippen molar-refractivity contribution in [2.75, 3.05) is 0 Å². The van der Waals surface area contributed by atoms with Crippen molar-refractivity contribution < 1.29 is 24.5 Å². The van der Waals surface area contributed by atoms with E-state index >= 15 is 0 Å². The molecule has 0 saturated heterocycles. The Morgan fingerprint density at radius 2 is 1.36 bits per heavy atom. The van der Waals surface area contributed by atoms with E-state index in [2.05, 4.69) is 47.2 Å². The van der Waals surface area contributed by atoms with Crippen molar-refractivity contribution in [3.63, 3.8) is 0 Å². The first-order valence-corrected chi connectivity index (χ1v) is 10.4. The van der Waals surface area contributed by atoms with Gasteiger partial charge in [-0.3, -0.25) is 0 Å². The fraction of sp³-hybridized carbons (Fsp3) is 0.0345. The van der Waals surface area contributed by atoms with E-state index < -0.39 is 0 Å². The number of aromatic nitrogens is 2. The molecule has 3 nitrogen and oxygen atoms in total. The summed E-state index contributed by atoms with van der Waals surface area (Å²) in [7, 11) is 0. The van der Waals surface area contributed by atoms with Crippen LogP contribution in [0.15, 0.2) is 108 Å². The monoisotopic (exact) mass is 605 g/mol. The molecule has 0 unspecified atom stereocenters. The van der Waals surface area contributed by atoms with Gasteiger partial charge in [-0.25, -0.2) is 0 Å². The van der Waals surface area contributed by atoms with Crippen molar-refractivity contribution in [3.05, 3.63) is 121 Å². The molecule has 163 valence electrons. The Morgan fingerprint density at radius 1 is 0.667 bits per heavy atom. The molecule has 1 radical (unpaired) electrons. The van der Waals surface area contributed by atoms with Gasteiger partial charge in [0.05, 0.1) is 5.58 Å². The van der Waals surface area contributed by atoms with E-state index in [9.17, 15) is 0 Å². The number of rotatable bonds is 2. The van der Waals surface area contributed by atoms with Crippen molar-refractivity contribution in [1.29, 1.82) is 0 Å². The summed E-state index contributed by atoms with van der Waals surface area (Å²) in [6.07, 6.45) is 3.57. The molecule has 0 aliphatic heterocycles.